The zero-order valence-corrected chi connectivity index (χ0v) is 18.3. The van der Waals surface area contributed by atoms with Crippen LogP contribution < -0.4 is 10.1 Å². The van der Waals surface area contributed by atoms with Crippen LogP contribution in [-0.2, 0) is 10.5 Å². The van der Waals surface area contributed by atoms with Gasteiger partial charge in [-0.3, -0.25) is 9.78 Å². The summed E-state index contributed by atoms with van der Waals surface area (Å²) in [6, 6.07) is 9.95. The summed E-state index contributed by atoms with van der Waals surface area (Å²) in [5, 5.41) is 4.11. The molecule has 0 radical (unpaired) electrons. The van der Waals surface area contributed by atoms with Crippen molar-refractivity contribution in [1.82, 2.24) is 19.9 Å². The predicted molar refractivity (Wildman–Crippen MR) is 120 cm³/mol. The molecular formula is C23H28N4O2S. The Morgan fingerprint density at radius 1 is 1.33 bits per heavy atom. The normalized spacial score (nSPS) is 15.4. The number of ether oxygens (including phenoxy) is 1. The molecule has 1 aliphatic rings. The third kappa shape index (κ3) is 4.46. The van der Waals surface area contributed by atoms with E-state index in [-0.39, 0.29) is 11.9 Å². The average Bonchev–Trinajstić information content (AvgIpc) is 3.41. The summed E-state index contributed by atoms with van der Waals surface area (Å²) in [7, 11) is 1.67. The molecule has 4 rings (SSSR count). The van der Waals surface area contributed by atoms with E-state index >= 15 is 0 Å². The van der Waals surface area contributed by atoms with Crippen LogP contribution in [0.15, 0.2) is 47.9 Å². The summed E-state index contributed by atoms with van der Waals surface area (Å²) in [6.07, 6.45) is 8.80. The molecule has 0 spiro atoms. The first-order valence-electron chi connectivity index (χ1n) is 10.6. The average molecular weight is 425 g/mol. The third-order valence-electron chi connectivity index (χ3n) is 5.66. The molecule has 2 heterocycles. The minimum atomic E-state index is -0.299. The van der Waals surface area contributed by atoms with Crippen LogP contribution in [-0.4, -0.2) is 33.6 Å². The summed E-state index contributed by atoms with van der Waals surface area (Å²) in [5.41, 5.74) is 2.92. The van der Waals surface area contributed by atoms with Gasteiger partial charge in [0.05, 0.1) is 24.3 Å². The molecule has 30 heavy (non-hydrogen) atoms. The van der Waals surface area contributed by atoms with Crippen LogP contribution in [0.1, 0.15) is 50.6 Å². The number of nitrogens with one attached hydrogen (secondary N) is 1. The number of carbonyl (C=O) groups excluding carboxylic acids is 1. The lowest BCUT2D eigenvalue weighted by Gasteiger charge is -2.22. The maximum atomic E-state index is 13.2. The van der Waals surface area contributed by atoms with Crippen molar-refractivity contribution in [1.29, 1.82) is 0 Å². The van der Waals surface area contributed by atoms with E-state index in [1.54, 1.807) is 25.1 Å². The smallest absolute Gasteiger partial charge is 0.243 e. The van der Waals surface area contributed by atoms with Gasteiger partial charge in [-0.2, -0.15) is 0 Å². The van der Waals surface area contributed by atoms with Crippen LogP contribution in [0.4, 0.5) is 0 Å². The molecule has 6 nitrogen and oxygen atoms in total. The molecule has 0 bridgehead atoms. The fourth-order valence-corrected chi connectivity index (χ4v) is 5.09. The first kappa shape index (κ1) is 20.7. The largest absolute Gasteiger partial charge is 0.497 e. The fourth-order valence-electron chi connectivity index (χ4n) is 4.08. The van der Waals surface area contributed by atoms with Gasteiger partial charge in [0, 0.05) is 18.0 Å². The molecule has 1 saturated carbocycles. The molecule has 0 saturated heterocycles. The summed E-state index contributed by atoms with van der Waals surface area (Å²) in [5.74, 6) is 1.67. The second kappa shape index (κ2) is 9.51. The molecule has 158 valence electrons. The van der Waals surface area contributed by atoms with E-state index in [4.69, 9.17) is 9.72 Å². The number of aromatic nitrogens is 3. The van der Waals surface area contributed by atoms with Crippen molar-refractivity contribution < 1.29 is 9.53 Å². The van der Waals surface area contributed by atoms with Gasteiger partial charge in [0.1, 0.15) is 11.8 Å². The lowest BCUT2D eigenvalue weighted by atomic mass is 10.1. The van der Waals surface area contributed by atoms with Gasteiger partial charge in [-0.25, -0.2) is 4.98 Å². The van der Waals surface area contributed by atoms with E-state index in [1.165, 1.54) is 12.8 Å². The lowest BCUT2D eigenvalue weighted by Crippen LogP contribution is -2.38. The number of hydrogen-bond acceptors (Lipinski definition) is 5. The SMILES string of the molecule is CCC(C(=O)NC1CCCC1)n1c(SCc2cccc(OC)c2)nc2ccncc21. The van der Waals surface area contributed by atoms with Gasteiger partial charge < -0.3 is 14.6 Å². The van der Waals surface area contributed by atoms with Gasteiger partial charge in [0.15, 0.2) is 5.16 Å². The summed E-state index contributed by atoms with van der Waals surface area (Å²) >= 11 is 1.64. The molecule has 1 aromatic carbocycles. The molecule has 2 aromatic heterocycles. The van der Waals surface area contributed by atoms with Gasteiger partial charge in [0.25, 0.3) is 0 Å². The number of methoxy groups -OCH3 is 1. The lowest BCUT2D eigenvalue weighted by molar-refractivity contribution is -0.125. The predicted octanol–water partition coefficient (Wildman–Crippen LogP) is 4.74. The van der Waals surface area contributed by atoms with Crippen molar-refractivity contribution in [3.8, 4) is 5.75 Å². The Hall–Kier alpha value is -2.54. The van der Waals surface area contributed by atoms with Crippen LogP contribution in [0, 0.1) is 0 Å². The molecule has 1 N–H and O–H groups in total. The van der Waals surface area contributed by atoms with Crippen LogP contribution in [0.3, 0.4) is 0 Å². The van der Waals surface area contributed by atoms with Crippen molar-refractivity contribution in [2.24, 2.45) is 0 Å². The number of imidazole rings is 1. The van der Waals surface area contributed by atoms with E-state index in [9.17, 15) is 4.79 Å². The van der Waals surface area contributed by atoms with Gasteiger partial charge >= 0.3 is 0 Å². The van der Waals surface area contributed by atoms with Gasteiger partial charge in [-0.05, 0) is 43.0 Å². The van der Waals surface area contributed by atoms with Crippen LogP contribution >= 0.6 is 11.8 Å². The van der Waals surface area contributed by atoms with Crippen LogP contribution in [0.2, 0.25) is 0 Å². The molecule has 3 aromatic rings. The number of benzene rings is 1. The molecule has 1 unspecified atom stereocenters. The van der Waals surface area contributed by atoms with Crippen molar-refractivity contribution in [2.75, 3.05) is 7.11 Å². The molecule has 7 heteroatoms. The van der Waals surface area contributed by atoms with Crippen molar-refractivity contribution in [3.05, 3.63) is 48.3 Å². The van der Waals surface area contributed by atoms with E-state index in [2.05, 4.69) is 27.9 Å². The number of rotatable bonds is 8. The maximum Gasteiger partial charge on any atom is 0.243 e. The minimum Gasteiger partial charge on any atom is -0.497 e. The van der Waals surface area contributed by atoms with Crippen molar-refractivity contribution in [3.63, 3.8) is 0 Å². The highest BCUT2D eigenvalue weighted by atomic mass is 32.2. The number of fused-ring (bicyclic) bond motifs is 1. The second-order valence-corrected chi connectivity index (χ2v) is 8.63. The number of nitrogens with zero attached hydrogens (tertiary/aromatic N) is 3. The summed E-state index contributed by atoms with van der Waals surface area (Å²) in [4.78, 5) is 22.3. The first-order valence-corrected chi connectivity index (χ1v) is 11.6. The Kier molecular flexibility index (Phi) is 6.57. The molecule has 0 aliphatic heterocycles. The summed E-state index contributed by atoms with van der Waals surface area (Å²) in [6.45, 7) is 2.05. The molecular weight excluding hydrogens is 396 g/mol. The molecule has 1 aliphatic carbocycles. The van der Waals surface area contributed by atoms with Crippen molar-refractivity contribution in [2.45, 2.75) is 62.0 Å². The second-order valence-electron chi connectivity index (χ2n) is 7.68. The maximum absolute atomic E-state index is 13.2. The van der Waals surface area contributed by atoms with Gasteiger partial charge in [0.2, 0.25) is 5.91 Å². The Morgan fingerprint density at radius 3 is 2.93 bits per heavy atom. The zero-order valence-electron chi connectivity index (χ0n) is 17.5. The monoisotopic (exact) mass is 424 g/mol. The van der Waals surface area contributed by atoms with Gasteiger partial charge in [-0.1, -0.05) is 43.7 Å². The Bertz CT molecular complexity index is 1010. The first-order chi connectivity index (χ1) is 14.7. The Balaban J connectivity index is 1.62. The quantitative estimate of drug-likeness (QED) is 0.529. The van der Waals surface area contributed by atoms with E-state index in [1.807, 2.05) is 30.5 Å². The third-order valence-corrected chi connectivity index (χ3v) is 6.69. The number of thioether (sulfide) groups is 1. The zero-order chi connectivity index (χ0) is 20.9. The van der Waals surface area contributed by atoms with Crippen molar-refractivity contribution >= 4 is 28.7 Å². The highest BCUT2D eigenvalue weighted by molar-refractivity contribution is 7.98. The number of amides is 1. The summed E-state index contributed by atoms with van der Waals surface area (Å²) < 4.78 is 7.40. The van der Waals surface area contributed by atoms with Gasteiger partial charge in [-0.15, -0.1) is 0 Å². The number of hydrogen-bond donors (Lipinski definition) is 1. The standard InChI is InChI=1S/C23H28N4O2S/c1-3-20(22(28)25-17-8-4-5-9-17)27-21-14-24-12-11-19(21)26-23(27)30-15-16-7-6-10-18(13-16)29-2/h6-7,10-14,17,20H,3-5,8-9,15H2,1-2H3,(H,25,28). The van der Waals surface area contributed by atoms with E-state index in [0.717, 1.165) is 46.1 Å². The number of pyridine rings is 1. The van der Waals surface area contributed by atoms with E-state index in [0.29, 0.717) is 12.5 Å². The highest BCUT2D eigenvalue weighted by Gasteiger charge is 2.27. The molecule has 1 amide bonds. The topological polar surface area (TPSA) is 69.0 Å². The Morgan fingerprint density at radius 2 is 2.17 bits per heavy atom. The highest BCUT2D eigenvalue weighted by Crippen LogP contribution is 2.32. The van der Waals surface area contributed by atoms with Crippen LogP contribution in [0.5, 0.6) is 5.75 Å². The fraction of sp³-hybridized carbons (Fsp3) is 0.435. The van der Waals surface area contributed by atoms with E-state index < -0.39 is 0 Å². The minimum absolute atomic E-state index is 0.0794. The Labute approximate surface area is 181 Å². The van der Waals surface area contributed by atoms with Crippen LogP contribution in [0.25, 0.3) is 11.0 Å². The molecule has 1 fully saturated rings. The molecule has 1 atom stereocenters. The number of carbonyl (C=O) groups is 1.